The van der Waals surface area contributed by atoms with Crippen molar-refractivity contribution < 1.29 is 9.53 Å². The van der Waals surface area contributed by atoms with Gasteiger partial charge in [-0.3, -0.25) is 0 Å². The van der Waals surface area contributed by atoms with Gasteiger partial charge in [-0.1, -0.05) is 0 Å². The van der Waals surface area contributed by atoms with Crippen LogP contribution in [0, 0.1) is 0 Å². The molecule has 0 spiro atoms. The molecule has 0 radical (unpaired) electrons. The molecule has 1 aliphatic carbocycles. The fourth-order valence-electron chi connectivity index (χ4n) is 2.40. The molecule has 3 heteroatoms. The van der Waals surface area contributed by atoms with Crippen molar-refractivity contribution in [2.75, 3.05) is 0 Å². The van der Waals surface area contributed by atoms with E-state index in [0.717, 1.165) is 6.42 Å². The first-order valence-electron chi connectivity index (χ1n) is 6.64. The van der Waals surface area contributed by atoms with Crippen LogP contribution in [0.4, 0.5) is 0 Å². The first-order valence-corrected chi connectivity index (χ1v) is 8.49. The van der Waals surface area contributed by atoms with Crippen LogP contribution in [0.5, 0.6) is 0 Å². The van der Waals surface area contributed by atoms with Gasteiger partial charge in [-0.2, -0.15) is 0 Å². The summed E-state index contributed by atoms with van der Waals surface area (Å²) in [7, 11) is 0. The van der Waals surface area contributed by atoms with E-state index in [1.165, 1.54) is 37.1 Å². The van der Waals surface area contributed by atoms with Crippen LogP contribution in [0.2, 0.25) is 4.82 Å². The van der Waals surface area contributed by atoms with Crippen LogP contribution in [0.15, 0.2) is 30.3 Å². The van der Waals surface area contributed by atoms with Crippen LogP contribution in [-0.4, -0.2) is 27.0 Å². The van der Waals surface area contributed by atoms with Crippen LogP contribution >= 0.6 is 0 Å². The zero-order valence-corrected chi connectivity index (χ0v) is 12.5. The van der Waals surface area contributed by atoms with Gasteiger partial charge in [-0.15, -0.1) is 0 Å². The summed E-state index contributed by atoms with van der Waals surface area (Å²) in [4.78, 5) is 11.8. The maximum absolute atomic E-state index is 11.2. The molecule has 1 aliphatic rings. The molecule has 0 aliphatic heterocycles. The van der Waals surface area contributed by atoms with E-state index in [1.807, 2.05) is 0 Å². The minimum absolute atomic E-state index is 0.129. The van der Waals surface area contributed by atoms with E-state index < -0.39 is 0 Å². The van der Waals surface area contributed by atoms with Gasteiger partial charge in [0.1, 0.15) is 0 Å². The minimum atomic E-state index is -0.129. The average Bonchev–Trinajstić information content (AvgIpc) is 2.56. The van der Waals surface area contributed by atoms with E-state index in [-0.39, 0.29) is 12.1 Å². The van der Waals surface area contributed by atoms with Crippen molar-refractivity contribution in [3.05, 3.63) is 30.3 Å². The first kappa shape index (κ1) is 13.6. The number of ether oxygens (including phenoxy) is 1. The van der Waals surface area contributed by atoms with Crippen LogP contribution in [0.25, 0.3) is 0 Å². The average molecular weight is 311 g/mol. The van der Waals surface area contributed by atoms with Crippen molar-refractivity contribution in [3.63, 3.8) is 0 Å². The molecule has 98 valence electrons. The number of carbonyl (C=O) groups is 1. The van der Waals surface area contributed by atoms with Gasteiger partial charge in [0.15, 0.2) is 0 Å². The number of rotatable bonds is 3. The third-order valence-electron chi connectivity index (χ3n) is 3.24. The Morgan fingerprint density at radius 1 is 1.17 bits per heavy atom. The molecule has 2 rings (SSSR count). The maximum atomic E-state index is 11.2. The Morgan fingerprint density at radius 3 is 2.61 bits per heavy atom. The molecule has 1 fully saturated rings. The second-order valence-corrected chi connectivity index (χ2v) is 7.51. The molecule has 0 aromatic heterocycles. The summed E-state index contributed by atoms with van der Waals surface area (Å²) < 4.78 is 6.94. The van der Waals surface area contributed by atoms with E-state index in [0.29, 0.717) is 19.8 Å². The predicted molar refractivity (Wildman–Crippen MR) is 74.2 cm³/mol. The van der Waals surface area contributed by atoms with Crippen molar-refractivity contribution >= 4 is 25.4 Å². The molecule has 2 atom stereocenters. The normalized spacial score (nSPS) is 24.3. The Bertz CT molecular complexity index is 377. The number of hydrogen-bond acceptors (Lipinski definition) is 2. The molecule has 0 saturated heterocycles. The zero-order chi connectivity index (χ0) is 12.8. The Labute approximate surface area is 115 Å². The Morgan fingerprint density at radius 2 is 1.89 bits per heavy atom. The van der Waals surface area contributed by atoms with Crippen LogP contribution in [0.1, 0.15) is 39.0 Å². The van der Waals surface area contributed by atoms with Gasteiger partial charge in [0, 0.05) is 0 Å². The van der Waals surface area contributed by atoms with Gasteiger partial charge in [-0.05, 0) is 0 Å². The molecule has 1 aromatic rings. The quantitative estimate of drug-likeness (QED) is 0.487. The van der Waals surface area contributed by atoms with Gasteiger partial charge in [0.05, 0.1) is 0 Å². The van der Waals surface area contributed by atoms with Crippen LogP contribution in [-0.2, 0) is 9.53 Å². The topological polar surface area (TPSA) is 26.3 Å². The number of hydrogen-bond donors (Lipinski definition) is 0. The number of esters is 1. The van der Waals surface area contributed by atoms with E-state index >= 15 is 0 Å². The summed E-state index contributed by atoms with van der Waals surface area (Å²) in [6, 6.07) is 10.6. The summed E-state index contributed by atoms with van der Waals surface area (Å²) in [6.45, 7) is 1.53. The fourth-order valence-corrected chi connectivity index (χ4v) is 5.11. The molecule has 0 amide bonds. The van der Waals surface area contributed by atoms with E-state index in [9.17, 15) is 4.79 Å². The Balaban J connectivity index is 2.03. The fraction of sp³-hybridized carbons (Fsp3) is 0.533. The summed E-state index contributed by atoms with van der Waals surface area (Å²) in [5.74, 6) is -0.129. The van der Waals surface area contributed by atoms with Crippen molar-refractivity contribution in [2.45, 2.75) is 49.9 Å². The van der Waals surface area contributed by atoms with Crippen molar-refractivity contribution in [2.24, 2.45) is 0 Å². The Kier molecular flexibility index (Phi) is 5.27. The summed E-state index contributed by atoms with van der Waals surface area (Å²) in [5.41, 5.74) is 0. The molecule has 0 unspecified atom stereocenters. The van der Waals surface area contributed by atoms with Crippen molar-refractivity contribution in [1.29, 1.82) is 0 Å². The molecule has 1 saturated carbocycles. The van der Waals surface area contributed by atoms with Crippen LogP contribution in [0.3, 0.4) is 0 Å². The van der Waals surface area contributed by atoms with Crippen molar-refractivity contribution in [3.8, 4) is 0 Å². The van der Waals surface area contributed by atoms with E-state index in [2.05, 4.69) is 30.3 Å². The molecule has 0 heterocycles. The third kappa shape index (κ3) is 4.15. The first-order chi connectivity index (χ1) is 8.75. The van der Waals surface area contributed by atoms with E-state index in [4.69, 9.17) is 4.74 Å². The van der Waals surface area contributed by atoms with Gasteiger partial charge in [-0.25, -0.2) is 0 Å². The van der Waals surface area contributed by atoms with Gasteiger partial charge >= 0.3 is 115 Å². The molecule has 1 aromatic carbocycles. The summed E-state index contributed by atoms with van der Waals surface area (Å²) in [5, 5.41) is 0. The van der Waals surface area contributed by atoms with Gasteiger partial charge < -0.3 is 0 Å². The number of carbonyl (C=O) groups excluding carboxylic acids is 1. The molecule has 0 bridgehead atoms. The van der Waals surface area contributed by atoms with Gasteiger partial charge in [0.2, 0.25) is 0 Å². The predicted octanol–water partition coefficient (Wildman–Crippen LogP) is 2.70. The second kappa shape index (κ2) is 6.96. The molecule has 0 N–H and O–H groups in total. The molecule has 18 heavy (non-hydrogen) atoms. The van der Waals surface area contributed by atoms with Crippen LogP contribution < -0.4 is 4.46 Å². The molecular formula is C15H20O2Se. The second-order valence-electron chi connectivity index (χ2n) is 4.76. The molecule has 2 nitrogen and oxygen atoms in total. The standard InChI is InChI=1S/C15H20O2Se/c1-12(16)17-14-10-6-3-7-11-15(14)18-13-8-4-2-5-9-13/h2,4-5,8-9,14-15H,3,6-7,10-11H2,1H3/t14-,15-/m1/s1. The third-order valence-corrected chi connectivity index (χ3v) is 6.15. The SMILES string of the molecule is CC(=O)O[C@@H]1CCCCC[C@H]1[Se]c1ccccc1. The number of benzene rings is 1. The molecular weight excluding hydrogens is 291 g/mol. The van der Waals surface area contributed by atoms with Crippen molar-refractivity contribution in [1.82, 2.24) is 0 Å². The monoisotopic (exact) mass is 312 g/mol. The summed E-state index contributed by atoms with van der Waals surface area (Å²) in [6.07, 6.45) is 6.13. The van der Waals surface area contributed by atoms with Gasteiger partial charge in [0.25, 0.3) is 0 Å². The van der Waals surface area contributed by atoms with E-state index in [1.54, 1.807) is 0 Å². The Hall–Kier alpha value is -0.791. The zero-order valence-electron chi connectivity index (χ0n) is 10.8. The summed E-state index contributed by atoms with van der Waals surface area (Å²) >= 11 is 0.408.